The summed E-state index contributed by atoms with van der Waals surface area (Å²) in [7, 11) is 0. The Hall–Kier alpha value is -1.30. The molecule has 0 bridgehead atoms. The van der Waals surface area contributed by atoms with Crippen molar-refractivity contribution >= 4 is 6.08 Å². The minimum atomic E-state index is 0.980. The summed E-state index contributed by atoms with van der Waals surface area (Å²) < 4.78 is 0. The summed E-state index contributed by atoms with van der Waals surface area (Å²) in [6.45, 7) is 4.51. The number of aryl methyl sites for hydroxylation is 1. The van der Waals surface area contributed by atoms with Crippen LogP contribution in [0.5, 0.6) is 0 Å². The van der Waals surface area contributed by atoms with Crippen LogP contribution in [0.2, 0.25) is 0 Å². The summed E-state index contributed by atoms with van der Waals surface area (Å²) >= 11 is 0. The average Bonchev–Trinajstić information content (AvgIpc) is 3.09. The minimum absolute atomic E-state index is 0.980. The van der Waals surface area contributed by atoms with Crippen LogP contribution in [-0.2, 0) is 6.42 Å². The molecule has 0 N–H and O–H groups in total. The molecule has 126 valence electrons. The van der Waals surface area contributed by atoms with Crippen LogP contribution in [0, 0.1) is 5.92 Å². The van der Waals surface area contributed by atoms with E-state index in [1.165, 1.54) is 75.3 Å². The van der Waals surface area contributed by atoms with E-state index in [4.69, 9.17) is 0 Å². The molecule has 2 rings (SSSR count). The van der Waals surface area contributed by atoms with Gasteiger partial charge in [0, 0.05) is 0 Å². The lowest BCUT2D eigenvalue weighted by molar-refractivity contribution is 0.557. The molecule has 0 spiro atoms. The molecule has 1 saturated carbocycles. The van der Waals surface area contributed by atoms with E-state index in [-0.39, 0.29) is 0 Å². The maximum atomic E-state index is 2.42. The highest BCUT2D eigenvalue weighted by Gasteiger charge is 2.12. The van der Waals surface area contributed by atoms with E-state index in [0.717, 1.165) is 5.92 Å². The molecule has 0 unspecified atom stereocenters. The Balaban J connectivity index is 1.74. The van der Waals surface area contributed by atoms with Crippen LogP contribution in [0.4, 0.5) is 0 Å². The molecule has 0 aromatic heterocycles. The highest BCUT2D eigenvalue weighted by atomic mass is 14.2. The Morgan fingerprint density at radius 3 is 2.43 bits per heavy atom. The van der Waals surface area contributed by atoms with Gasteiger partial charge in [-0.3, -0.25) is 0 Å². The SMILES string of the molecule is CCC/C(=C\c1ccc(CC/C=C/CC2CCCC2)cc1)CC. The third-order valence-corrected chi connectivity index (χ3v) is 5.09. The van der Waals surface area contributed by atoms with E-state index >= 15 is 0 Å². The van der Waals surface area contributed by atoms with E-state index < -0.39 is 0 Å². The molecule has 0 saturated heterocycles. The van der Waals surface area contributed by atoms with E-state index in [1.807, 2.05) is 0 Å². The van der Waals surface area contributed by atoms with Crippen molar-refractivity contribution in [3.63, 3.8) is 0 Å². The van der Waals surface area contributed by atoms with E-state index in [0.29, 0.717) is 0 Å². The van der Waals surface area contributed by atoms with Gasteiger partial charge in [0.05, 0.1) is 0 Å². The fourth-order valence-electron chi connectivity index (χ4n) is 3.59. The predicted octanol–water partition coefficient (Wildman–Crippen LogP) is 7.35. The molecule has 1 aliphatic carbocycles. The monoisotopic (exact) mass is 310 g/mol. The van der Waals surface area contributed by atoms with Crippen LogP contribution in [0.3, 0.4) is 0 Å². The number of rotatable bonds is 9. The smallest absolute Gasteiger partial charge is 0.0244 e. The van der Waals surface area contributed by atoms with Crippen molar-refractivity contribution < 1.29 is 0 Å². The first-order valence-electron chi connectivity index (χ1n) is 9.75. The topological polar surface area (TPSA) is 0 Å². The molecular weight excluding hydrogens is 276 g/mol. The molecule has 1 fully saturated rings. The summed E-state index contributed by atoms with van der Waals surface area (Å²) in [6.07, 6.45) is 20.3. The summed E-state index contributed by atoms with van der Waals surface area (Å²) in [6, 6.07) is 9.16. The molecule has 0 amide bonds. The molecule has 1 aromatic carbocycles. The molecule has 23 heavy (non-hydrogen) atoms. The van der Waals surface area contributed by atoms with Crippen LogP contribution in [0.25, 0.3) is 6.08 Å². The normalized spacial score (nSPS) is 16.5. The van der Waals surface area contributed by atoms with Gasteiger partial charge in [-0.15, -0.1) is 0 Å². The first-order chi connectivity index (χ1) is 11.3. The summed E-state index contributed by atoms with van der Waals surface area (Å²) in [5.74, 6) is 0.980. The standard InChI is InChI=1S/C23H34/c1-3-10-20(4-2)19-23-17-15-22(16-18-23)12-7-5-6-11-21-13-8-9-14-21/h5-6,15-19,21H,3-4,7-14H2,1-2H3/b6-5+,20-19-. The first kappa shape index (κ1) is 18.0. The lowest BCUT2D eigenvalue weighted by Crippen LogP contribution is -1.89. The zero-order chi connectivity index (χ0) is 16.3. The molecule has 0 aliphatic heterocycles. The molecule has 0 heteroatoms. The Morgan fingerprint density at radius 2 is 1.78 bits per heavy atom. The Bertz CT molecular complexity index is 483. The number of hydrogen-bond acceptors (Lipinski definition) is 0. The maximum absolute atomic E-state index is 2.42. The first-order valence-corrected chi connectivity index (χ1v) is 9.75. The zero-order valence-electron chi connectivity index (χ0n) is 15.2. The molecular formula is C23H34. The minimum Gasteiger partial charge on any atom is -0.0883 e. The fraction of sp³-hybridized carbons (Fsp3) is 0.565. The van der Waals surface area contributed by atoms with Gasteiger partial charge in [0.2, 0.25) is 0 Å². The summed E-state index contributed by atoms with van der Waals surface area (Å²) in [4.78, 5) is 0. The largest absolute Gasteiger partial charge is 0.0883 e. The van der Waals surface area contributed by atoms with Gasteiger partial charge in [-0.05, 0) is 49.1 Å². The zero-order valence-corrected chi connectivity index (χ0v) is 15.2. The van der Waals surface area contributed by atoms with E-state index in [2.05, 4.69) is 56.3 Å². The van der Waals surface area contributed by atoms with Crippen molar-refractivity contribution in [2.75, 3.05) is 0 Å². The molecule has 0 radical (unpaired) electrons. The Labute approximate surface area is 143 Å². The van der Waals surface area contributed by atoms with Crippen molar-refractivity contribution in [3.8, 4) is 0 Å². The van der Waals surface area contributed by atoms with Crippen molar-refractivity contribution in [1.29, 1.82) is 0 Å². The van der Waals surface area contributed by atoms with Crippen LogP contribution in [-0.4, -0.2) is 0 Å². The van der Waals surface area contributed by atoms with Gasteiger partial charge in [0.1, 0.15) is 0 Å². The lowest BCUT2D eigenvalue weighted by atomic mass is 10.0. The Kier molecular flexibility index (Phi) is 8.21. The van der Waals surface area contributed by atoms with Gasteiger partial charge in [0.15, 0.2) is 0 Å². The lowest BCUT2D eigenvalue weighted by Gasteiger charge is -2.05. The van der Waals surface area contributed by atoms with E-state index in [1.54, 1.807) is 5.57 Å². The molecule has 1 aromatic rings. The molecule has 1 aliphatic rings. The maximum Gasteiger partial charge on any atom is -0.0244 e. The summed E-state index contributed by atoms with van der Waals surface area (Å²) in [5.41, 5.74) is 4.38. The second kappa shape index (κ2) is 10.5. The van der Waals surface area contributed by atoms with Crippen molar-refractivity contribution in [2.24, 2.45) is 5.92 Å². The summed E-state index contributed by atoms with van der Waals surface area (Å²) in [5, 5.41) is 0. The van der Waals surface area contributed by atoms with Crippen LogP contribution >= 0.6 is 0 Å². The number of hydrogen-bond donors (Lipinski definition) is 0. The quantitative estimate of drug-likeness (QED) is 0.418. The van der Waals surface area contributed by atoms with Crippen molar-refractivity contribution in [2.45, 2.75) is 78.1 Å². The van der Waals surface area contributed by atoms with Crippen LogP contribution < -0.4 is 0 Å². The number of allylic oxidation sites excluding steroid dienone is 3. The van der Waals surface area contributed by atoms with Gasteiger partial charge in [-0.1, -0.05) is 94.0 Å². The van der Waals surface area contributed by atoms with Gasteiger partial charge in [-0.2, -0.15) is 0 Å². The fourth-order valence-corrected chi connectivity index (χ4v) is 3.59. The van der Waals surface area contributed by atoms with Gasteiger partial charge in [0.25, 0.3) is 0 Å². The predicted molar refractivity (Wildman–Crippen MR) is 104 cm³/mol. The molecule has 0 atom stereocenters. The third-order valence-electron chi connectivity index (χ3n) is 5.09. The highest BCUT2D eigenvalue weighted by molar-refractivity contribution is 5.53. The second-order valence-corrected chi connectivity index (χ2v) is 7.04. The number of benzene rings is 1. The van der Waals surface area contributed by atoms with Crippen LogP contribution in [0.1, 0.15) is 82.8 Å². The average molecular weight is 311 g/mol. The van der Waals surface area contributed by atoms with Crippen molar-refractivity contribution in [3.05, 3.63) is 53.1 Å². The second-order valence-electron chi connectivity index (χ2n) is 7.04. The van der Waals surface area contributed by atoms with Gasteiger partial charge in [-0.25, -0.2) is 0 Å². The van der Waals surface area contributed by atoms with E-state index in [9.17, 15) is 0 Å². The highest BCUT2D eigenvalue weighted by Crippen LogP contribution is 2.27. The van der Waals surface area contributed by atoms with Crippen molar-refractivity contribution in [1.82, 2.24) is 0 Å². The Morgan fingerprint density at radius 1 is 1.04 bits per heavy atom. The molecule has 0 heterocycles. The van der Waals surface area contributed by atoms with Crippen LogP contribution in [0.15, 0.2) is 42.0 Å². The molecule has 0 nitrogen and oxygen atoms in total. The van der Waals surface area contributed by atoms with Gasteiger partial charge >= 0.3 is 0 Å². The van der Waals surface area contributed by atoms with Gasteiger partial charge < -0.3 is 0 Å². The third kappa shape index (κ3) is 6.77.